The first-order valence-corrected chi connectivity index (χ1v) is 7.79. The topological polar surface area (TPSA) is 32.3 Å². The maximum absolute atomic E-state index is 12.9. The van der Waals surface area contributed by atoms with Crippen molar-refractivity contribution < 1.29 is 4.79 Å². The summed E-state index contributed by atoms with van der Waals surface area (Å²) in [5.41, 5.74) is 4.41. The molecule has 3 heteroatoms. The van der Waals surface area contributed by atoms with Gasteiger partial charge in [-0.2, -0.15) is 0 Å². The Labute approximate surface area is 132 Å². The van der Waals surface area contributed by atoms with Gasteiger partial charge in [-0.05, 0) is 36.1 Å². The van der Waals surface area contributed by atoms with Gasteiger partial charge in [0.25, 0.3) is 0 Å². The second-order valence-corrected chi connectivity index (χ2v) is 6.23. The van der Waals surface area contributed by atoms with Gasteiger partial charge >= 0.3 is 0 Å². The number of anilines is 2. The maximum Gasteiger partial charge on any atom is 0.250 e. The van der Waals surface area contributed by atoms with Crippen LogP contribution in [0.4, 0.5) is 11.4 Å². The number of carbonyl (C=O) groups is 1. The molecule has 0 saturated carbocycles. The predicted octanol–water partition coefficient (Wildman–Crippen LogP) is 3.98. The smallest absolute Gasteiger partial charge is 0.250 e. The Morgan fingerprint density at radius 1 is 1.09 bits per heavy atom. The van der Waals surface area contributed by atoms with Crippen LogP contribution >= 0.6 is 0 Å². The monoisotopic (exact) mass is 294 g/mol. The first-order chi connectivity index (χ1) is 10.6. The quantitative estimate of drug-likeness (QED) is 0.928. The van der Waals surface area contributed by atoms with Crippen LogP contribution in [0.3, 0.4) is 0 Å². The number of para-hydroxylation sites is 2. The second kappa shape index (κ2) is 5.84. The predicted molar refractivity (Wildman–Crippen MR) is 91.1 cm³/mol. The van der Waals surface area contributed by atoms with Crippen LogP contribution in [-0.4, -0.2) is 11.9 Å². The molecule has 1 atom stereocenters. The van der Waals surface area contributed by atoms with Crippen molar-refractivity contribution in [1.29, 1.82) is 0 Å². The molecule has 0 saturated heterocycles. The summed E-state index contributed by atoms with van der Waals surface area (Å²) in [6.07, 6.45) is 0. The van der Waals surface area contributed by atoms with E-state index in [2.05, 4.69) is 38.2 Å². The van der Waals surface area contributed by atoms with E-state index < -0.39 is 0 Å². The number of rotatable bonds is 3. The summed E-state index contributed by atoms with van der Waals surface area (Å²) in [7, 11) is 0. The average Bonchev–Trinajstić information content (AvgIpc) is 2.51. The molecule has 0 bridgehead atoms. The Bertz CT molecular complexity index is 693. The largest absolute Gasteiger partial charge is 0.372 e. The van der Waals surface area contributed by atoms with E-state index in [9.17, 15) is 4.79 Å². The van der Waals surface area contributed by atoms with Crippen molar-refractivity contribution in [3.8, 4) is 0 Å². The number of benzene rings is 2. The summed E-state index contributed by atoms with van der Waals surface area (Å²) in [4.78, 5) is 14.8. The summed E-state index contributed by atoms with van der Waals surface area (Å²) in [6.45, 7) is 6.87. The van der Waals surface area contributed by atoms with E-state index in [1.165, 1.54) is 11.1 Å². The van der Waals surface area contributed by atoms with E-state index in [1.807, 2.05) is 41.3 Å². The molecule has 2 aromatic rings. The summed E-state index contributed by atoms with van der Waals surface area (Å²) < 4.78 is 0. The van der Waals surface area contributed by atoms with Crippen LogP contribution in [-0.2, 0) is 11.3 Å². The molecule has 22 heavy (non-hydrogen) atoms. The Kier molecular flexibility index (Phi) is 3.88. The molecule has 3 rings (SSSR count). The van der Waals surface area contributed by atoms with Gasteiger partial charge in [0.15, 0.2) is 0 Å². The highest BCUT2D eigenvalue weighted by molar-refractivity contribution is 6.05. The van der Waals surface area contributed by atoms with Crippen LogP contribution in [0, 0.1) is 12.8 Å². The normalized spacial score (nSPS) is 17.4. The van der Waals surface area contributed by atoms with E-state index in [0.29, 0.717) is 6.54 Å². The first kappa shape index (κ1) is 14.6. The number of nitrogens with zero attached hydrogens (tertiary/aromatic N) is 1. The highest BCUT2D eigenvalue weighted by atomic mass is 16.2. The van der Waals surface area contributed by atoms with E-state index >= 15 is 0 Å². The third-order valence-corrected chi connectivity index (χ3v) is 4.29. The second-order valence-electron chi connectivity index (χ2n) is 6.23. The minimum atomic E-state index is -0.168. The highest BCUT2D eigenvalue weighted by Gasteiger charge is 2.34. The van der Waals surface area contributed by atoms with Gasteiger partial charge in [-0.25, -0.2) is 0 Å². The lowest BCUT2D eigenvalue weighted by molar-refractivity contribution is -0.120. The molecule has 1 aliphatic rings. The molecule has 0 aliphatic carbocycles. The van der Waals surface area contributed by atoms with Crippen LogP contribution in [0.25, 0.3) is 0 Å². The first-order valence-electron chi connectivity index (χ1n) is 7.79. The summed E-state index contributed by atoms with van der Waals surface area (Å²) in [5, 5.41) is 3.39. The van der Waals surface area contributed by atoms with E-state index in [-0.39, 0.29) is 17.9 Å². The lowest BCUT2D eigenvalue weighted by Crippen LogP contribution is -2.49. The van der Waals surface area contributed by atoms with Crippen LogP contribution < -0.4 is 10.2 Å². The molecule has 0 fully saturated rings. The molecule has 1 N–H and O–H groups in total. The molecule has 1 aliphatic heterocycles. The fourth-order valence-electron chi connectivity index (χ4n) is 2.92. The number of amides is 1. The van der Waals surface area contributed by atoms with Gasteiger partial charge in [0.05, 0.1) is 17.9 Å². The lowest BCUT2D eigenvalue weighted by atomic mass is 9.98. The fourth-order valence-corrected chi connectivity index (χ4v) is 2.92. The Morgan fingerprint density at radius 2 is 1.77 bits per heavy atom. The van der Waals surface area contributed by atoms with Crippen LogP contribution in [0.1, 0.15) is 25.0 Å². The lowest BCUT2D eigenvalue weighted by Gasteiger charge is -2.37. The molecule has 1 unspecified atom stereocenters. The minimum Gasteiger partial charge on any atom is -0.372 e. The van der Waals surface area contributed by atoms with Crippen LogP contribution in [0.15, 0.2) is 48.5 Å². The molecule has 0 aromatic heterocycles. The Balaban J connectivity index is 2.00. The van der Waals surface area contributed by atoms with E-state index in [0.717, 1.165) is 11.4 Å². The highest BCUT2D eigenvalue weighted by Crippen LogP contribution is 2.34. The van der Waals surface area contributed by atoms with Crippen molar-refractivity contribution in [3.63, 3.8) is 0 Å². The molecule has 114 valence electrons. The molecular formula is C19H22N2O. The minimum absolute atomic E-state index is 0.150. The summed E-state index contributed by atoms with van der Waals surface area (Å²) in [5.74, 6) is 0.400. The molecule has 1 amide bonds. The van der Waals surface area contributed by atoms with Gasteiger partial charge in [0, 0.05) is 0 Å². The van der Waals surface area contributed by atoms with Crippen molar-refractivity contribution in [2.75, 3.05) is 10.2 Å². The number of aryl methyl sites for hydroxylation is 1. The van der Waals surface area contributed by atoms with Gasteiger partial charge in [0.1, 0.15) is 6.04 Å². The van der Waals surface area contributed by atoms with Gasteiger partial charge in [-0.15, -0.1) is 0 Å². The van der Waals surface area contributed by atoms with Crippen molar-refractivity contribution in [3.05, 3.63) is 59.7 Å². The van der Waals surface area contributed by atoms with Gasteiger partial charge in [-0.3, -0.25) is 4.79 Å². The molecule has 0 radical (unpaired) electrons. The van der Waals surface area contributed by atoms with Gasteiger partial charge in [-0.1, -0.05) is 50.2 Å². The van der Waals surface area contributed by atoms with Gasteiger partial charge < -0.3 is 10.2 Å². The standard InChI is InChI=1S/C19H22N2O/c1-13(2)18-19(22)21(12-15-9-5-4-8-14(15)3)17-11-7-6-10-16(17)20-18/h4-11,13,18,20H,12H2,1-3H3. The van der Waals surface area contributed by atoms with Crippen molar-refractivity contribution >= 4 is 17.3 Å². The number of fused-ring (bicyclic) bond motifs is 1. The Hall–Kier alpha value is -2.29. The maximum atomic E-state index is 12.9. The molecule has 1 heterocycles. The molecule has 3 nitrogen and oxygen atoms in total. The van der Waals surface area contributed by atoms with Crippen molar-refractivity contribution in [2.45, 2.75) is 33.4 Å². The average molecular weight is 294 g/mol. The van der Waals surface area contributed by atoms with Crippen molar-refractivity contribution in [2.24, 2.45) is 5.92 Å². The summed E-state index contributed by atoms with van der Waals surface area (Å²) >= 11 is 0. The SMILES string of the molecule is Cc1ccccc1CN1C(=O)C(C(C)C)Nc2ccccc21. The third kappa shape index (κ3) is 2.59. The zero-order valence-corrected chi connectivity index (χ0v) is 13.3. The molecule has 2 aromatic carbocycles. The number of hydrogen-bond donors (Lipinski definition) is 1. The van der Waals surface area contributed by atoms with Crippen LogP contribution in [0.2, 0.25) is 0 Å². The van der Waals surface area contributed by atoms with Crippen molar-refractivity contribution in [1.82, 2.24) is 0 Å². The number of carbonyl (C=O) groups excluding carboxylic acids is 1. The molecular weight excluding hydrogens is 272 g/mol. The number of nitrogens with one attached hydrogen (secondary N) is 1. The zero-order chi connectivity index (χ0) is 15.7. The number of hydrogen-bond acceptors (Lipinski definition) is 2. The van der Waals surface area contributed by atoms with Gasteiger partial charge in [0.2, 0.25) is 5.91 Å². The van der Waals surface area contributed by atoms with Crippen LogP contribution in [0.5, 0.6) is 0 Å². The fraction of sp³-hybridized carbons (Fsp3) is 0.316. The molecule has 0 spiro atoms. The van der Waals surface area contributed by atoms with E-state index in [4.69, 9.17) is 0 Å². The summed E-state index contributed by atoms with van der Waals surface area (Å²) in [6, 6.07) is 16.1. The third-order valence-electron chi connectivity index (χ3n) is 4.29. The Morgan fingerprint density at radius 3 is 2.50 bits per heavy atom. The zero-order valence-electron chi connectivity index (χ0n) is 13.3. The van der Waals surface area contributed by atoms with E-state index in [1.54, 1.807) is 0 Å².